The van der Waals surface area contributed by atoms with E-state index in [4.69, 9.17) is 25.8 Å². The summed E-state index contributed by atoms with van der Waals surface area (Å²) in [5.74, 6) is -3.08. The van der Waals surface area contributed by atoms with Gasteiger partial charge in [0.1, 0.15) is 11.7 Å². The van der Waals surface area contributed by atoms with Gasteiger partial charge in [-0.3, -0.25) is 9.59 Å². The number of hydrogen-bond acceptors (Lipinski definition) is 8. The lowest BCUT2D eigenvalue weighted by molar-refractivity contribution is -0.150. The molecule has 0 radical (unpaired) electrons. The fourth-order valence-electron chi connectivity index (χ4n) is 3.48. The number of carbonyl (C=O) groups is 3. The summed E-state index contributed by atoms with van der Waals surface area (Å²) in [6, 6.07) is 15.4. The minimum atomic E-state index is -1.26. The maximum Gasteiger partial charge on any atom is 0.337 e. The van der Waals surface area contributed by atoms with Crippen LogP contribution in [0.3, 0.4) is 0 Å². The van der Waals surface area contributed by atoms with Crippen molar-refractivity contribution in [2.45, 2.75) is 5.92 Å². The molecule has 0 saturated heterocycles. The van der Waals surface area contributed by atoms with Crippen LogP contribution in [0.2, 0.25) is 5.02 Å². The van der Waals surface area contributed by atoms with Crippen LogP contribution in [0, 0.1) is 17.2 Å². The molecule has 0 saturated carbocycles. The number of rotatable bonds is 8. The molecule has 2 aromatic rings. The average Bonchev–Trinajstić information content (AvgIpc) is 2.86. The van der Waals surface area contributed by atoms with Gasteiger partial charge in [0.15, 0.2) is 0 Å². The van der Waals surface area contributed by atoms with Gasteiger partial charge in [0, 0.05) is 11.7 Å². The second-order valence-corrected chi connectivity index (χ2v) is 8.58. The van der Waals surface area contributed by atoms with Gasteiger partial charge in [-0.05, 0) is 29.8 Å². The van der Waals surface area contributed by atoms with Crippen LogP contribution in [-0.4, -0.2) is 44.4 Å². The zero-order chi connectivity index (χ0) is 24.7. The lowest BCUT2D eigenvalue weighted by Gasteiger charge is -2.31. The second-order valence-electron chi connectivity index (χ2n) is 7.06. The number of esters is 2. The number of thioether (sulfide) groups is 1. The number of para-hydroxylation sites is 1. The summed E-state index contributed by atoms with van der Waals surface area (Å²) in [4.78, 5) is 37.1. The smallest absolute Gasteiger partial charge is 0.337 e. The van der Waals surface area contributed by atoms with Crippen LogP contribution in [0.5, 0.6) is 5.75 Å². The molecule has 8 nitrogen and oxygen atoms in total. The Morgan fingerprint density at radius 3 is 2.44 bits per heavy atom. The largest absolute Gasteiger partial charge is 0.491 e. The highest BCUT2D eigenvalue weighted by Crippen LogP contribution is 2.40. The van der Waals surface area contributed by atoms with E-state index in [0.717, 1.165) is 0 Å². The van der Waals surface area contributed by atoms with Gasteiger partial charge in [0.05, 0.1) is 48.1 Å². The first-order valence-electron chi connectivity index (χ1n) is 10.1. The normalized spacial score (nSPS) is 17.4. The Hall–Kier alpha value is -3.48. The van der Waals surface area contributed by atoms with Crippen LogP contribution in [0.1, 0.15) is 21.8 Å². The molecule has 1 amide bonds. The van der Waals surface area contributed by atoms with Crippen molar-refractivity contribution in [3.63, 3.8) is 0 Å². The van der Waals surface area contributed by atoms with Gasteiger partial charge in [0.2, 0.25) is 5.91 Å². The zero-order valence-electron chi connectivity index (χ0n) is 18.4. The third kappa shape index (κ3) is 5.53. The summed E-state index contributed by atoms with van der Waals surface area (Å²) in [6.07, 6.45) is 0. The number of nitrogens with zero attached hydrogens (tertiary/aromatic N) is 1. The Balaban J connectivity index is 1.87. The quantitative estimate of drug-likeness (QED) is 0.331. The van der Waals surface area contributed by atoms with Crippen LogP contribution in [0.15, 0.2) is 59.1 Å². The first kappa shape index (κ1) is 25.1. The van der Waals surface area contributed by atoms with E-state index in [1.54, 1.807) is 36.4 Å². The van der Waals surface area contributed by atoms with Crippen molar-refractivity contribution in [3.05, 3.63) is 75.3 Å². The molecule has 1 N–H and O–H groups in total. The van der Waals surface area contributed by atoms with Crippen molar-refractivity contribution in [1.82, 2.24) is 5.32 Å². The molecule has 0 bridgehead atoms. The summed E-state index contributed by atoms with van der Waals surface area (Å²) in [7, 11) is 2.45. The SMILES string of the molecule is COC(=O)c1ccc([C@@H]2C(C#N)=C(SCCOc3ccccc3Cl)NC(=O)[C@H]2C(=O)OC)cc1. The van der Waals surface area contributed by atoms with E-state index in [0.29, 0.717) is 32.7 Å². The summed E-state index contributed by atoms with van der Waals surface area (Å²) in [5, 5.41) is 13.4. The minimum Gasteiger partial charge on any atom is -0.491 e. The Kier molecular flexibility index (Phi) is 8.57. The van der Waals surface area contributed by atoms with Crippen LogP contribution in [-0.2, 0) is 19.1 Å². The summed E-state index contributed by atoms with van der Waals surface area (Å²) in [5.41, 5.74) is 1.03. The Morgan fingerprint density at radius 1 is 1.12 bits per heavy atom. The van der Waals surface area contributed by atoms with Gasteiger partial charge >= 0.3 is 11.9 Å². The van der Waals surface area contributed by atoms with Gasteiger partial charge in [0.25, 0.3) is 0 Å². The Bertz CT molecular complexity index is 1160. The number of halogens is 1. The number of ether oxygens (including phenoxy) is 3. The van der Waals surface area contributed by atoms with Crippen LogP contribution >= 0.6 is 23.4 Å². The van der Waals surface area contributed by atoms with E-state index in [1.165, 1.54) is 38.1 Å². The molecule has 0 spiro atoms. The molecule has 3 rings (SSSR count). The van der Waals surface area contributed by atoms with E-state index < -0.39 is 29.7 Å². The van der Waals surface area contributed by atoms with Gasteiger partial charge in [-0.15, -0.1) is 11.8 Å². The minimum absolute atomic E-state index is 0.212. The van der Waals surface area contributed by atoms with Crippen LogP contribution in [0.25, 0.3) is 0 Å². The fraction of sp³-hybridized carbons (Fsp3) is 0.250. The maximum absolute atomic E-state index is 12.9. The lowest BCUT2D eigenvalue weighted by Crippen LogP contribution is -2.44. The molecule has 1 aliphatic rings. The Morgan fingerprint density at radius 2 is 1.82 bits per heavy atom. The molecule has 0 fully saturated rings. The number of benzene rings is 2. The van der Waals surface area contributed by atoms with Crippen LogP contribution < -0.4 is 10.1 Å². The highest BCUT2D eigenvalue weighted by atomic mass is 35.5. The van der Waals surface area contributed by atoms with E-state index >= 15 is 0 Å². The van der Waals surface area contributed by atoms with Crippen molar-refractivity contribution >= 4 is 41.2 Å². The average molecular weight is 501 g/mol. The Labute approximate surface area is 205 Å². The number of methoxy groups -OCH3 is 2. The van der Waals surface area contributed by atoms with Crippen molar-refractivity contribution < 1.29 is 28.6 Å². The highest BCUT2D eigenvalue weighted by Gasteiger charge is 2.44. The number of amides is 1. The number of carbonyl (C=O) groups excluding carboxylic acids is 3. The van der Waals surface area contributed by atoms with Gasteiger partial charge < -0.3 is 19.5 Å². The topological polar surface area (TPSA) is 115 Å². The van der Waals surface area contributed by atoms with Crippen LogP contribution in [0.4, 0.5) is 0 Å². The summed E-state index contributed by atoms with van der Waals surface area (Å²) < 4.78 is 15.2. The van der Waals surface area contributed by atoms with E-state index in [-0.39, 0.29) is 12.2 Å². The molecule has 1 heterocycles. The predicted molar refractivity (Wildman–Crippen MR) is 126 cm³/mol. The molecule has 1 aliphatic heterocycles. The zero-order valence-corrected chi connectivity index (χ0v) is 19.9. The second kappa shape index (κ2) is 11.6. The third-order valence-corrected chi connectivity index (χ3v) is 6.39. The van der Waals surface area contributed by atoms with Crippen molar-refractivity contribution in [3.8, 4) is 11.8 Å². The van der Waals surface area contributed by atoms with Crippen molar-refractivity contribution in [2.75, 3.05) is 26.6 Å². The first-order valence-corrected chi connectivity index (χ1v) is 11.5. The number of allylic oxidation sites excluding steroid dienone is 1. The van der Waals surface area contributed by atoms with Gasteiger partial charge in [-0.2, -0.15) is 5.26 Å². The highest BCUT2D eigenvalue weighted by molar-refractivity contribution is 8.03. The molecule has 0 unspecified atom stereocenters. The summed E-state index contributed by atoms with van der Waals surface area (Å²) >= 11 is 7.31. The van der Waals surface area contributed by atoms with E-state index in [1.807, 2.05) is 0 Å². The number of hydrogen-bond donors (Lipinski definition) is 1. The molecule has 2 aromatic carbocycles. The molecular weight excluding hydrogens is 480 g/mol. The maximum atomic E-state index is 12.9. The molecular formula is C24H21ClN2O6S. The first-order chi connectivity index (χ1) is 16.4. The third-order valence-electron chi connectivity index (χ3n) is 5.10. The molecule has 2 atom stereocenters. The lowest BCUT2D eigenvalue weighted by atomic mass is 9.78. The number of nitrogens with one attached hydrogen (secondary N) is 1. The van der Waals surface area contributed by atoms with Crippen molar-refractivity contribution in [1.29, 1.82) is 5.26 Å². The standard InChI is InChI=1S/C24H21ClN2O6S/c1-31-23(29)15-9-7-14(8-10-15)19-16(13-26)22(27-21(28)20(19)24(30)32-2)34-12-11-33-18-6-4-3-5-17(18)25/h3-10,19-20H,11-12H2,1-2H3,(H,27,28)/t19-,20+/m1/s1. The molecule has 34 heavy (non-hydrogen) atoms. The van der Waals surface area contributed by atoms with E-state index in [2.05, 4.69) is 11.4 Å². The molecule has 10 heteroatoms. The van der Waals surface area contributed by atoms with Crippen molar-refractivity contribution in [2.24, 2.45) is 5.92 Å². The van der Waals surface area contributed by atoms with Gasteiger partial charge in [-0.1, -0.05) is 35.9 Å². The number of nitriles is 1. The summed E-state index contributed by atoms with van der Waals surface area (Å²) in [6.45, 7) is 0.269. The molecule has 176 valence electrons. The molecule has 0 aromatic heterocycles. The van der Waals surface area contributed by atoms with E-state index in [9.17, 15) is 19.6 Å². The fourth-order valence-corrected chi connectivity index (χ4v) is 4.54. The van der Waals surface area contributed by atoms with Gasteiger partial charge in [-0.25, -0.2) is 4.79 Å². The molecule has 0 aliphatic carbocycles. The monoisotopic (exact) mass is 500 g/mol. The predicted octanol–water partition coefficient (Wildman–Crippen LogP) is 3.68.